The van der Waals surface area contributed by atoms with E-state index in [-0.39, 0.29) is 24.8 Å². The van der Waals surface area contributed by atoms with Crippen LogP contribution < -0.4 is 9.64 Å². The standard InChI is InChI=1S/C15H17NO5/c1-4-20-14(18)8-16-12-7-11(9(2)17)5-6-13(12)21-10(3)15(16)19/h5-7,10H,4,8H2,1-3H3. The van der Waals surface area contributed by atoms with Gasteiger partial charge in [0.15, 0.2) is 11.9 Å². The number of fused-ring (bicyclic) bond motifs is 1. The summed E-state index contributed by atoms with van der Waals surface area (Å²) in [5.41, 5.74) is 0.868. The van der Waals surface area contributed by atoms with E-state index in [0.717, 1.165) is 0 Å². The maximum atomic E-state index is 12.2. The lowest BCUT2D eigenvalue weighted by atomic mass is 10.1. The van der Waals surface area contributed by atoms with Gasteiger partial charge in [-0.3, -0.25) is 19.3 Å². The SMILES string of the molecule is CCOC(=O)CN1C(=O)C(C)Oc2ccc(C(C)=O)cc21. The van der Waals surface area contributed by atoms with Crippen molar-refractivity contribution in [3.8, 4) is 5.75 Å². The van der Waals surface area contributed by atoms with Crippen molar-refractivity contribution < 1.29 is 23.9 Å². The van der Waals surface area contributed by atoms with Gasteiger partial charge in [-0.25, -0.2) is 0 Å². The normalized spacial score (nSPS) is 17.0. The molecule has 0 spiro atoms. The second kappa shape index (κ2) is 5.95. The lowest BCUT2D eigenvalue weighted by Gasteiger charge is -2.32. The quantitative estimate of drug-likeness (QED) is 0.622. The number of ketones is 1. The maximum absolute atomic E-state index is 12.2. The van der Waals surface area contributed by atoms with Crippen LogP contribution >= 0.6 is 0 Å². The predicted molar refractivity (Wildman–Crippen MR) is 75.5 cm³/mol. The minimum absolute atomic E-state index is 0.125. The van der Waals surface area contributed by atoms with Gasteiger partial charge in [-0.1, -0.05) is 0 Å². The first-order chi connectivity index (χ1) is 9.93. The first-order valence-electron chi connectivity index (χ1n) is 6.72. The van der Waals surface area contributed by atoms with Crippen LogP contribution in [0.25, 0.3) is 0 Å². The fraction of sp³-hybridized carbons (Fsp3) is 0.400. The Bertz CT molecular complexity index is 596. The van der Waals surface area contributed by atoms with Gasteiger partial charge in [-0.05, 0) is 39.0 Å². The van der Waals surface area contributed by atoms with E-state index in [1.54, 1.807) is 32.0 Å². The Balaban J connectivity index is 2.39. The highest BCUT2D eigenvalue weighted by Crippen LogP contribution is 2.34. The zero-order chi connectivity index (χ0) is 15.6. The van der Waals surface area contributed by atoms with Crippen LogP contribution in [0.15, 0.2) is 18.2 Å². The molecule has 0 saturated heterocycles. The molecule has 0 aliphatic carbocycles. The number of anilines is 1. The Morgan fingerprint density at radius 2 is 2.10 bits per heavy atom. The molecule has 1 aliphatic rings. The molecular weight excluding hydrogens is 274 g/mol. The molecular formula is C15H17NO5. The summed E-state index contributed by atoms with van der Waals surface area (Å²) in [6, 6.07) is 4.82. The van der Waals surface area contributed by atoms with E-state index in [2.05, 4.69) is 0 Å². The Labute approximate surface area is 122 Å². The highest BCUT2D eigenvalue weighted by Gasteiger charge is 2.33. The lowest BCUT2D eigenvalue weighted by Crippen LogP contribution is -2.47. The van der Waals surface area contributed by atoms with Gasteiger partial charge in [0.25, 0.3) is 5.91 Å². The van der Waals surface area contributed by atoms with Gasteiger partial charge in [0.05, 0.1) is 12.3 Å². The summed E-state index contributed by atoms with van der Waals surface area (Å²) < 4.78 is 10.4. The molecule has 21 heavy (non-hydrogen) atoms. The molecule has 112 valence electrons. The number of carbonyl (C=O) groups excluding carboxylic acids is 3. The van der Waals surface area contributed by atoms with E-state index in [0.29, 0.717) is 17.0 Å². The molecule has 2 rings (SSSR count). The molecule has 0 radical (unpaired) electrons. The molecule has 0 fully saturated rings. The van der Waals surface area contributed by atoms with Crippen LogP contribution in [0.3, 0.4) is 0 Å². The smallest absolute Gasteiger partial charge is 0.326 e. The van der Waals surface area contributed by atoms with Crippen molar-refractivity contribution in [2.75, 3.05) is 18.1 Å². The van der Waals surface area contributed by atoms with E-state index >= 15 is 0 Å². The fourth-order valence-corrected chi connectivity index (χ4v) is 2.12. The first-order valence-corrected chi connectivity index (χ1v) is 6.72. The van der Waals surface area contributed by atoms with Crippen molar-refractivity contribution in [2.24, 2.45) is 0 Å². The number of carbonyl (C=O) groups is 3. The van der Waals surface area contributed by atoms with E-state index in [1.165, 1.54) is 11.8 Å². The van der Waals surface area contributed by atoms with Crippen LogP contribution in [0.2, 0.25) is 0 Å². The molecule has 1 aromatic carbocycles. The lowest BCUT2D eigenvalue weighted by molar-refractivity contribution is -0.143. The highest BCUT2D eigenvalue weighted by molar-refractivity contribution is 6.04. The maximum Gasteiger partial charge on any atom is 0.326 e. The summed E-state index contributed by atoms with van der Waals surface area (Å²) >= 11 is 0. The van der Waals surface area contributed by atoms with E-state index < -0.39 is 12.1 Å². The molecule has 6 heteroatoms. The van der Waals surface area contributed by atoms with Crippen molar-refractivity contribution in [2.45, 2.75) is 26.9 Å². The minimum atomic E-state index is -0.685. The van der Waals surface area contributed by atoms with E-state index in [9.17, 15) is 14.4 Å². The third-order valence-electron chi connectivity index (χ3n) is 3.17. The number of amides is 1. The second-order valence-electron chi connectivity index (χ2n) is 4.73. The van der Waals surface area contributed by atoms with E-state index in [1.807, 2.05) is 0 Å². The van der Waals surface area contributed by atoms with Crippen molar-refractivity contribution in [3.05, 3.63) is 23.8 Å². The van der Waals surface area contributed by atoms with Crippen LogP contribution in [0, 0.1) is 0 Å². The molecule has 6 nitrogen and oxygen atoms in total. The van der Waals surface area contributed by atoms with Crippen molar-refractivity contribution in [3.63, 3.8) is 0 Å². The number of benzene rings is 1. The number of Topliss-reactive ketones (excluding diaryl/α,β-unsaturated/α-hetero) is 1. The van der Waals surface area contributed by atoms with Gasteiger partial charge in [-0.2, -0.15) is 0 Å². The average molecular weight is 291 g/mol. The van der Waals surface area contributed by atoms with Crippen LogP contribution in [-0.4, -0.2) is 36.9 Å². The van der Waals surface area contributed by atoms with Gasteiger partial charge >= 0.3 is 5.97 Å². The van der Waals surface area contributed by atoms with Gasteiger partial charge in [-0.15, -0.1) is 0 Å². The Morgan fingerprint density at radius 1 is 1.38 bits per heavy atom. The molecule has 1 atom stereocenters. The Morgan fingerprint density at radius 3 is 2.71 bits per heavy atom. The van der Waals surface area contributed by atoms with Gasteiger partial charge in [0.1, 0.15) is 12.3 Å². The third kappa shape index (κ3) is 3.04. The highest BCUT2D eigenvalue weighted by atomic mass is 16.5. The summed E-state index contributed by atoms with van der Waals surface area (Å²) in [5, 5.41) is 0. The molecule has 1 aliphatic heterocycles. The number of ether oxygens (including phenoxy) is 2. The zero-order valence-electron chi connectivity index (χ0n) is 12.2. The Kier molecular flexibility index (Phi) is 4.26. The monoisotopic (exact) mass is 291 g/mol. The van der Waals surface area contributed by atoms with Crippen molar-refractivity contribution >= 4 is 23.3 Å². The molecule has 0 aromatic heterocycles. The molecule has 1 aromatic rings. The summed E-state index contributed by atoms with van der Waals surface area (Å²) in [7, 11) is 0. The van der Waals surface area contributed by atoms with Gasteiger partial charge in [0, 0.05) is 5.56 Å². The van der Waals surface area contributed by atoms with E-state index in [4.69, 9.17) is 9.47 Å². The number of hydrogen-bond donors (Lipinski definition) is 0. The second-order valence-corrected chi connectivity index (χ2v) is 4.73. The first kappa shape index (κ1) is 15.0. The minimum Gasteiger partial charge on any atom is -0.479 e. The molecule has 0 bridgehead atoms. The number of rotatable bonds is 4. The molecule has 1 unspecified atom stereocenters. The number of esters is 1. The number of nitrogens with zero attached hydrogens (tertiary/aromatic N) is 1. The zero-order valence-corrected chi connectivity index (χ0v) is 12.2. The topological polar surface area (TPSA) is 72.9 Å². The third-order valence-corrected chi connectivity index (χ3v) is 3.17. The predicted octanol–water partition coefficient (Wildman–Crippen LogP) is 1.57. The van der Waals surface area contributed by atoms with Crippen molar-refractivity contribution in [1.29, 1.82) is 0 Å². The fourth-order valence-electron chi connectivity index (χ4n) is 2.12. The molecule has 0 saturated carbocycles. The summed E-state index contributed by atoms with van der Waals surface area (Å²) in [4.78, 5) is 36.7. The largest absolute Gasteiger partial charge is 0.479 e. The van der Waals surface area contributed by atoms with Crippen LogP contribution in [0.1, 0.15) is 31.1 Å². The van der Waals surface area contributed by atoms with Crippen LogP contribution in [-0.2, 0) is 14.3 Å². The Hall–Kier alpha value is -2.37. The molecule has 1 heterocycles. The van der Waals surface area contributed by atoms with Crippen molar-refractivity contribution in [1.82, 2.24) is 0 Å². The average Bonchev–Trinajstić information content (AvgIpc) is 2.43. The summed E-state index contributed by atoms with van der Waals surface area (Å²) in [5.74, 6) is -0.494. The summed E-state index contributed by atoms with van der Waals surface area (Å²) in [6.45, 7) is 4.79. The molecule has 0 N–H and O–H groups in total. The molecule has 1 amide bonds. The summed E-state index contributed by atoms with van der Waals surface area (Å²) in [6.07, 6.45) is -0.685. The van der Waals surface area contributed by atoms with Crippen LogP contribution in [0.4, 0.5) is 5.69 Å². The van der Waals surface area contributed by atoms with Crippen LogP contribution in [0.5, 0.6) is 5.75 Å². The van der Waals surface area contributed by atoms with Gasteiger partial charge < -0.3 is 9.47 Å². The van der Waals surface area contributed by atoms with Gasteiger partial charge in [0.2, 0.25) is 0 Å². The number of hydrogen-bond acceptors (Lipinski definition) is 5.